The molecule has 0 aromatic carbocycles. The van der Waals surface area contributed by atoms with E-state index < -0.39 is 11.2 Å². The van der Waals surface area contributed by atoms with Crippen LogP contribution in [0.15, 0.2) is 40.1 Å². The van der Waals surface area contributed by atoms with Crippen molar-refractivity contribution in [1.29, 1.82) is 0 Å². The zero-order chi connectivity index (χ0) is 17.3. The van der Waals surface area contributed by atoms with E-state index in [1.807, 2.05) is 18.2 Å². The van der Waals surface area contributed by atoms with Gasteiger partial charge in [-0.1, -0.05) is 6.07 Å². The number of carbonyl (C=O) groups is 1. The fourth-order valence-corrected chi connectivity index (χ4v) is 3.10. The molecule has 126 valence electrons. The van der Waals surface area contributed by atoms with Crippen molar-refractivity contribution in [2.24, 2.45) is 20.0 Å². The number of hydrogen-bond donors (Lipinski definition) is 0. The number of amides is 1. The Morgan fingerprint density at radius 2 is 2.04 bits per heavy atom. The Balaban J connectivity index is 1.76. The van der Waals surface area contributed by atoms with Crippen LogP contribution in [0.3, 0.4) is 0 Å². The van der Waals surface area contributed by atoms with Crippen molar-refractivity contribution >= 4 is 5.91 Å². The number of carbonyl (C=O) groups excluding carboxylic acids is 1. The average Bonchev–Trinajstić information content (AvgIpc) is 3.05. The minimum Gasteiger partial charge on any atom is -0.337 e. The number of nitrogens with zero attached hydrogens (tertiary/aromatic N) is 4. The van der Waals surface area contributed by atoms with E-state index in [1.165, 1.54) is 24.7 Å². The molecule has 3 rings (SSSR count). The van der Waals surface area contributed by atoms with Crippen molar-refractivity contribution in [3.8, 4) is 0 Å². The third kappa shape index (κ3) is 3.02. The lowest BCUT2D eigenvalue weighted by molar-refractivity contribution is 0.0775. The van der Waals surface area contributed by atoms with Gasteiger partial charge in [-0.2, -0.15) is 0 Å². The highest BCUT2D eigenvalue weighted by atomic mass is 16.2. The summed E-state index contributed by atoms with van der Waals surface area (Å²) in [5.74, 6) is 0.0724. The largest absolute Gasteiger partial charge is 0.337 e. The number of hydrogen-bond acceptors (Lipinski definition) is 4. The zero-order valence-corrected chi connectivity index (χ0v) is 13.8. The molecule has 0 aliphatic carbocycles. The second-order valence-corrected chi connectivity index (χ2v) is 6.20. The molecule has 1 atom stereocenters. The van der Waals surface area contributed by atoms with Crippen LogP contribution < -0.4 is 11.2 Å². The highest BCUT2D eigenvalue weighted by Gasteiger charge is 2.29. The Labute approximate surface area is 139 Å². The van der Waals surface area contributed by atoms with Crippen molar-refractivity contribution in [1.82, 2.24) is 19.0 Å². The van der Waals surface area contributed by atoms with Gasteiger partial charge in [0, 0.05) is 45.1 Å². The first-order chi connectivity index (χ1) is 11.5. The molecular formula is C17H20N4O3. The van der Waals surface area contributed by atoms with Crippen molar-refractivity contribution in [2.45, 2.75) is 12.8 Å². The summed E-state index contributed by atoms with van der Waals surface area (Å²) in [5.41, 5.74) is 0.195. The number of aromatic nitrogens is 3. The Morgan fingerprint density at radius 1 is 1.25 bits per heavy atom. The quantitative estimate of drug-likeness (QED) is 0.805. The lowest BCUT2D eigenvalue weighted by atomic mass is 10.0. The third-order valence-corrected chi connectivity index (χ3v) is 4.54. The maximum absolute atomic E-state index is 12.7. The Hall–Kier alpha value is -2.70. The molecule has 1 saturated heterocycles. The monoisotopic (exact) mass is 328 g/mol. The van der Waals surface area contributed by atoms with Crippen molar-refractivity contribution < 1.29 is 4.79 Å². The van der Waals surface area contributed by atoms with Crippen molar-refractivity contribution in [3.63, 3.8) is 0 Å². The summed E-state index contributed by atoms with van der Waals surface area (Å²) >= 11 is 0. The van der Waals surface area contributed by atoms with Crippen LogP contribution in [-0.2, 0) is 20.5 Å². The van der Waals surface area contributed by atoms with Gasteiger partial charge in [-0.25, -0.2) is 4.79 Å². The van der Waals surface area contributed by atoms with E-state index in [1.54, 1.807) is 11.1 Å². The second kappa shape index (κ2) is 6.43. The Bertz CT molecular complexity index is 870. The molecule has 7 nitrogen and oxygen atoms in total. The predicted molar refractivity (Wildman–Crippen MR) is 88.9 cm³/mol. The topological polar surface area (TPSA) is 77.2 Å². The Kier molecular flexibility index (Phi) is 4.33. The number of pyridine rings is 1. The van der Waals surface area contributed by atoms with E-state index in [0.717, 1.165) is 23.1 Å². The van der Waals surface area contributed by atoms with Gasteiger partial charge in [0.25, 0.3) is 11.5 Å². The van der Waals surface area contributed by atoms with E-state index in [-0.39, 0.29) is 11.6 Å². The van der Waals surface area contributed by atoms with Crippen LogP contribution in [0.1, 0.15) is 22.6 Å². The molecule has 1 fully saturated rings. The van der Waals surface area contributed by atoms with Crippen LogP contribution in [0.5, 0.6) is 0 Å². The van der Waals surface area contributed by atoms with Gasteiger partial charge in [0.05, 0.1) is 0 Å². The molecule has 0 spiro atoms. The maximum Gasteiger partial charge on any atom is 0.331 e. The lowest BCUT2D eigenvalue weighted by Crippen LogP contribution is -2.42. The van der Waals surface area contributed by atoms with Crippen LogP contribution >= 0.6 is 0 Å². The number of rotatable bonds is 3. The summed E-state index contributed by atoms with van der Waals surface area (Å²) in [4.78, 5) is 42.5. The zero-order valence-electron chi connectivity index (χ0n) is 13.8. The van der Waals surface area contributed by atoms with E-state index >= 15 is 0 Å². The van der Waals surface area contributed by atoms with Gasteiger partial charge < -0.3 is 4.90 Å². The molecule has 1 unspecified atom stereocenters. The van der Waals surface area contributed by atoms with E-state index in [9.17, 15) is 14.4 Å². The molecule has 1 amide bonds. The normalized spacial score (nSPS) is 17.2. The molecule has 2 aromatic heterocycles. The fourth-order valence-electron chi connectivity index (χ4n) is 3.10. The first kappa shape index (κ1) is 16.2. The van der Waals surface area contributed by atoms with Gasteiger partial charge >= 0.3 is 5.69 Å². The van der Waals surface area contributed by atoms with Crippen LogP contribution in [0.4, 0.5) is 0 Å². The molecule has 24 heavy (non-hydrogen) atoms. The summed E-state index contributed by atoms with van der Waals surface area (Å²) in [6.07, 6.45) is 3.48. The average molecular weight is 328 g/mol. The summed E-state index contributed by atoms with van der Waals surface area (Å²) in [6, 6.07) is 7.05. The van der Waals surface area contributed by atoms with Crippen LogP contribution in [0.25, 0.3) is 0 Å². The SMILES string of the molecule is Cn1c(C(=O)N2CCC(Cc3ccccn3)C2)cc(=O)n(C)c1=O. The molecule has 1 aliphatic heterocycles. The van der Waals surface area contributed by atoms with Crippen LogP contribution in [0.2, 0.25) is 0 Å². The van der Waals surface area contributed by atoms with Crippen molar-refractivity contribution in [3.05, 3.63) is 62.7 Å². The van der Waals surface area contributed by atoms with E-state index in [2.05, 4.69) is 4.98 Å². The molecule has 0 bridgehead atoms. The maximum atomic E-state index is 12.7. The molecule has 7 heteroatoms. The molecule has 0 saturated carbocycles. The van der Waals surface area contributed by atoms with Crippen LogP contribution in [-0.4, -0.2) is 38.0 Å². The van der Waals surface area contributed by atoms with Gasteiger partial charge in [-0.15, -0.1) is 0 Å². The molecule has 0 radical (unpaired) electrons. The Morgan fingerprint density at radius 3 is 2.75 bits per heavy atom. The lowest BCUT2D eigenvalue weighted by Gasteiger charge is -2.18. The highest BCUT2D eigenvalue weighted by molar-refractivity contribution is 5.92. The molecule has 2 aromatic rings. The highest BCUT2D eigenvalue weighted by Crippen LogP contribution is 2.21. The van der Waals surface area contributed by atoms with Gasteiger partial charge in [0.2, 0.25) is 0 Å². The minimum absolute atomic E-state index is 0.140. The molecule has 3 heterocycles. The van der Waals surface area contributed by atoms with Gasteiger partial charge in [-0.05, 0) is 30.9 Å². The molecule has 1 aliphatic rings. The fraction of sp³-hybridized carbons (Fsp3) is 0.412. The smallest absolute Gasteiger partial charge is 0.331 e. The third-order valence-electron chi connectivity index (χ3n) is 4.54. The predicted octanol–water partition coefficient (Wildman–Crippen LogP) is 0.184. The summed E-state index contributed by atoms with van der Waals surface area (Å²) in [7, 11) is 2.91. The van der Waals surface area contributed by atoms with E-state index in [0.29, 0.717) is 19.0 Å². The minimum atomic E-state index is -0.491. The van der Waals surface area contributed by atoms with E-state index in [4.69, 9.17) is 0 Å². The van der Waals surface area contributed by atoms with Gasteiger partial charge in [-0.3, -0.25) is 23.7 Å². The number of likely N-dealkylation sites (tertiary alicyclic amines) is 1. The standard InChI is InChI=1S/C17H20N4O3/c1-19-14(10-15(22)20(2)17(19)24)16(23)21-8-6-12(11-21)9-13-5-3-4-7-18-13/h3-5,7,10,12H,6,8-9,11H2,1-2H3. The summed E-state index contributed by atoms with van der Waals surface area (Å²) in [5, 5.41) is 0. The van der Waals surface area contributed by atoms with Crippen LogP contribution in [0, 0.1) is 5.92 Å². The molecule has 0 N–H and O–H groups in total. The summed E-state index contributed by atoms with van der Waals surface area (Å²) < 4.78 is 2.22. The van der Waals surface area contributed by atoms with Gasteiger partial charge in [0.1, 0.15) is 5.69 Å². The van der Waals surface area contributed by atoms with Gasteiger partial charge in [0.15, 0.2) is 0 Å². The first-order valence-corrected chi connectivity index (χ1v) is 7.93. The first-order valence-electron chi connectivity index (χ1n) is 7.93. The molecular weight excluding hydrogens is 308 g/mol. The summed E-state index contributed by atoms with van der Waals surface area (Å²) in [6.45, 7) is 1.23. The van der Waals surface area contributed by atoms with Crippen molar-refractivity contribution in [2.75, 3.05) is 13.1 Å². The second-order valence-electron chi connectivity index (χ2n) is 6.20.